The van der Waals surface area contributed by atoms with E-state index in [-0.39, 0.29) is 11.6 Å². The van der Waals surface area contributed by atoms with Crippen molar-refractivity contribution in [1.82, 2.24) is 0 Å². The predicted molar refractivity (Wildman–Crippen MR) is 195 cm³/mol. The maximum Gasteiger partial charge on any atom is 0.194 e. The van der Waals surface area contributed by atoms with Crippen molar-refractivity contribution < 1.29 is 9.59 Å². The number of hydrogen-bond donors (Lipinski definition) is 0. The van der Waals surface area contributed by atoms with Gasteiger partial charge in [0.2, 0.25) is 0 Å². The van der Waals surface area contributed by atoms with Gasteiger partial charge in [-0.25, -0.2) is 0 Å². The van der Waals surface area contributed by atoms with E-state index < -0.39 is 0 Å². The molecule has 0 unspecified atom stereocenters. The molecule has 1 aliphatic rings. The van der Waals surface area contributed by atoms with Gasteiger partial charge in [0.15, 0.2) is 11.6 Å². The van der Waals surface area contributed by atoms with Gasteiger partial charge in [-0.05, 0) is 96.8 Å². The first-order chi connectivity index (χ1) is 22.9. The summed E-state index contributed by atoms with van der Waals surface area (Å²) in [6.07, 6.45) is 8.00. The zero-order valence-corrected chi connectivity index (χ0v) is 26.4. The monoisotopic (exact) mass is 607 g/mol. The number of ketones is 2. The van der Waals surface area contributed by atoms with Crippen LogP contribution in [-0.2, 0) is 0 Å². The minimum absolute atomic E-state index is 0.122. The van der Waals surface area contributed by atoms with E-state index in [0.717, 1.165) is 39.3 Å². The van der Waals surface area contributed by atoms with Crippen LogP contribution in [0.3, 0.4) is 0 Å². The van der Waals surface area contributed by atoms with E-state index in [1.54, 1.807) is 12.1 Å². The van der Waals surface area contributed by atoms with Gasteiger partial charge in [0.25, 0.3) is 0 Å². The average molecular weight is 608 g/mol. The van der Waals surface area contributed by atoms with Crippen LogP contribution in [0.4, 0.5) is 17.1 Å². The Bertz CT molecular complexity index is 2160. The molecule has 3 nitrogen and oxygen atoms in total. The Labute approximate surface area is 275 Å². The number of nitrogens with zero attached hydrogens (tertiary/aromatic N) is 1. The molecule has 226 valence electrons. The molecule has 0 spiro atoms. The molecule has 0 aliphatic heterocycles. The van der Waals surface area contributed by atoms with Crippen LogP contribution in [0.5, 0.6) is 0 Å². The molecule has 0 bridgehead atoms. The topological polar surface area (TPSA) is 37.4 Å². The molecule has 0 fully saturated rings. The summed E-state index contributed by atoms with van der Waals surface area (Å²) in [6, 6.07) is 46.5. The van der Waals surface area contributed by atoms with E-state index in [4.69, 9.17) is 0 Å². The number of benzene rings is 6. The Kier molecular flexibility index (Phi) is 8.04. The van der Waals surface area contributed by atoms with E-state index in [2.05, 4.69) is 104 Å². The van der Waals surface area contributed by atoms with Gasteiger partial charge in [0, 0.05) is 39.3 Å². The largest absolute Gasteiger partial charge is 0.311 e. The van der Waals surface area contributed by atoms with E-state index in [9.17, 15) is 9.59 Å². The lowest BCUT2D eigenvalue weighted by Gasteiger charge is -2.25. The molecule has 6 aromatic carbocycles. The Morgan fingerprint density at radius 2 is 0.745 bits per heavy atom. The minimum atomic E-state index is -0.125. The Morgan fingerprint density at radius 1 is 0.383 bits per heavy atom. The SMILES string of the molecule is Cc1ccc(/C=C/c2ccc3c(c2)C(=O)c2ccc(/C=C/c4ccc(N(c5ccccc5)c5ccc(C)cc5)cc4)cc2C3=O)cc1. The Morgan fingerprint density at radius 3 is 1.23 bits per heavy atom. The zero-order valence-electron chi connectivity index (χ0n) is 26.4. The van der Waals surface area contributed by atoms with Gasteiger partial charge < -0.3 is 4.90 Å². The molecule has 0 radical (unpaired) electrons. The fourth-order valence-electron chi connectivity index (χ4n) is 5.91. The van der Waals surface area contributed by atoms with Gasteiger partial charge in [-0.3, -0.25) is 9.59 Å². The summed E-state index contributed by atoms with van der Waals surface area (Å²) in [5, 5.41) is 0. The molecule has 47 heavy (non-hydrogen) atoms. The molecule has 7 rings (SSSR count). The second-order valence-corrected chi connectivity index (χ2v) is 11.9. The fraction of sp³-hybridized carbons (Fsp3) is 0.0455. The van der Waals surface area contributed by atoms with Crippen molar-refractivity contribution in [2.75, 3.05) is 4.90 Å². The highest BCUT2D eigenvalue weighted by atomic mass is 16.1. The summed E-state index contributed by atoms with van der Waals surface area (Å²) in [5.41, 5.74) is 11.3. The molecule has 0 atom stereocenters. The fourth-order valence-corrected chi connectivity index (χ4v) is 5.91. The molecule has 0 saturated heterocycles. The van der Waals surface area contributed by atoms with E-state index in [0.29, 0.717) is 22.3 Å². The quantitative estimate of drug-likeness (QED) is 0.169. The summed E-state index contributed by atoms with van der Waals surface area (Å²) < 4.78 is 0. The smallest absolute Gasteiger partial charge is 0.194 e. The lowest BCUT2D eigenvalue weighted by molar-refractivity contribution is 0.0979. The average Bonchev–Trinajstić information content (AvgIpc) is 3.11. The van der Waals surface area contributed by atoms with E-state index in [1.165, 1.54) is 11.1 Å². The van der Waals surface area contributed by atoms with Crippen LogP contribution >= 0.6 is 0 Å². The van der Waals surface area contributed by atoms with Crippen LogP contribution in [0.15, 0.2) is 140 Å². The summed E-state index contributed by atoms with van der Waals surface area (Å²) in [4.78, 5) is 29.3. The first kappa shape index (κ1) is 29.6. The highest BCUT2D eigenvalue weighted by Crippen LogP contribution is 2.35. The molecular formula is C44H33NO2. The number of carbonyl (C=O) groups is 2. The number of anilines is 3. The summed E-state index contributed by atoms with van der Waals surface area (Å²) in [6.45, 7) is 4.15. The Hall–Kier alpha value is -6.06. The number of hydrogen-bond acceptors (Lipinski definition) is 3. The summed E-state index contributed by atoms with van der Waals surface area (Å²) in [5.74, 6) is -0.247. The minimum Gasteiger partial charge on any atom is -0.311 e. The van der Waals surface area contributed by atoms with E-state index >= 15 is 0 Å². The lowest BCUT2D eigenvalue weighted by Crippen LogP contribution is -2.21. The standard InChI is InChI=1S/C44H33NO2/c1-30-8-12-32(13-9-30)14-16-34-20-26-39-41(28-34)43(46)40-27-21-35(29-42(40)44(39)47)17-15-33-18-24-38(25-19-33)45(36-6-4-3-5-7-36)37-22-10-31(2)11-23-37/h3-29H,1-2H3/b16-14+,17-15+. The van der Waals surface area contributed by atoms with Crippen LogP contribution < -0.4 is 4.90 Å². The predicted octanol–water partition coefficient (Wildman–Crippen LogP) is 10.9. The van der Waals surface area contributed by atoms with Gasteiger partial charge in [-0.15, -0.1) is 0 Å². The third-order valence-corrected chi connectivity index (χ3v) is 8.54. The molecule has 0 aromatic heterocycles. The molecular weight excluding hydrogens is 574 g/mol. The zero-order chi connectivity index (χ0) is 32.3. The van der Waals surface area contributed by atoms with Crippen molar-refractivity contribution >= 4 is 52.9 Å². The number of carbonyl (C=O) groups excluding carboxylic acids is 2. The molecule has 3 heteroatoms. The number of para-hydroxylation sites is 1. The molecule has 0 heterocycles. The number of rotatable bonds is 7. The van der Waals surface area contributed by atoms with Gasteiger partial charge >= 0.3 is 0 Å². The van der Waals surface area contributed by atoms with Gasteiger partial charge in [-0.2, -0.15) is 0 Å². The summed E-state index contributed by atoms with van der Waals surface area (Å²) in [7, 11) is 0. The lowest BCUT2D eigenvalue weighted by atomic mass is 9.82. The van der Waals surface area contributed by atoms with Gasteiger partial charge in [0.1, 0.15) is 0 Å². The molecule has 1 aliphatic carbocycles. The van der Waals surface area contributed by atoms with Crippen molar-refractivity contribution in [1.29, 1.82) is 0 Å². The first-order valence-electron chi connectivity index (χ1n) is 15.8. The molecule has 0 saturated carbocycles. The first-order valence-corrected chi connectivity index (χ1v) is 15.8. The van der Waals surface area contributed by atoms with Gasteiger partial charge in [0.05, 0.1) is 0 Å². The normalized spacial score (nSPS) is 12.4. The highest BCUT2D eigenvalue weighted by molar-refractivity contribution is 6.28. The highest BCUT2D eigenvalue weighted by Gasteiger charge is 2.29. The number of aryl methyl sites for hydroxylation is 2. The molecule has 0 amide bonds. The molecule has 6 aromatic rings. The van der Waals surface area contributed by atoms with Crippen molar-refractivity contribution in [3.8, 4) is 0 Å². The van der Waals surface area contributed by atoms with Crippen LogP contribution in [0.25, 0.3) is 24.3 Å². The van der Waals surface area contributed by atoms with Crippen LogP contribution in [0.2, 0.25) is 0 Å². The Balaban J connectivity index is 1.11. The third-order valence-electron chi connectivity index (χ3n) is 8.54. The second kappa shape index (κ2) is 12.7. The second-order valence-electron chi connectivity index (χ2n) is 11.9. The third kappa shape index (κ3) is 6.25. The van der Waals surface area contributed by atoms with E-state index in [1.807, 2.05) is 66.8 Å². The molecule has 0 N–H and O–H groups in total. The van der Waals surface area contributed by atoms with Crippen LogP contribution in [0, 0.1) is 13.8 Å². The van der Waals surface area contributed by atoms with Crippen molar-refractivity contribution in [2.24, 2.45) is 0 Å². The summed E-state index contributed by atoms with van der Waals surface area (Å²) >= 11 is 0. The van der Waals surface area contributed by atoms with Crippen molar-refractivity contribution in [3.05, 3.63) is 195 Å². The van der Waals surface area contributed by atoms with Crippen molar-refractivity contribution in [3.63, 3.8) is 0 Å². The van der Waals surface area contributed by atoms with Gasteiger partial charge in [-0.1, -0.05) is 114 Å². The maximum absolute atomic E-state index is 13.6. The maximum atomic E-state index is 13.6. The number of fused-ring (bicyclic) bond motifs is 2. The van der Waals surface area contributed by atoms with Crippen LogP contribution in [-0.4, -0.2) is 11.6 Å². The van der Waals surface area contributed by atoms with Crippen molar-refractivity contribution in [2.45, 2.75) is 13.8 Å². The van der Waals surface area contributed by atoms with Crippen LogP contribution in [0.1, 0.15) is 65.2 Å².